The van der Waals surface area contributed by atoms with Crippen molar-refractivity contribution in [3.8, 4) is 17.2 Å². The van der Waals surface area contributed by atoms with Crippen molar-refractivity contribution in [2.75, 3.05) is 27.4 Å². The van der Waals surface area contributed by atoms with E-state index in [9.17, 15) is 0 Å². The summed E-state index contributed by atoms with van der Waals surface area (Å²) in [5, 5.41) is 3.69. The zero-order valence-corrected chi connectivity index (χ0v) is 16.4. The molecule has 2 aromatic carbocycles. The summed E-state index contributed by atoms with van der Waals surface area (Å²) < 4.78 is 16.7. The molecule has 0 spiro atoms. The average Bonchev–Trinajstić information content (AvgIpc) is 2.66. The van der Waals surface area contributed by atoms with Crippen molar-refractivity contribution in [3.05, 3.63) is 52.6 Å². The van der Waals surface area contributed by atoms with Crippen LogP contribution in [0.3, 0.4) is 0 Å². The van der Waals surface area contributed by atoms with E-state index in [0.29, 0.717) is 12.5 Å². The van der Waals surface area contributed by atoms with Gasteiger partial charge in [0.2, 0.25) is 0 Å². The highest BCUT2D eigenvalue weighted by Gasteiger charge is 2.26. The maximum Gasteiger partial charge on any atom is 0.161 e. The lowest BCUT2D eigenvalue weighted by molar-refractivity contribution is 0.339. The molecule has 0 saturated heterocycles. The zero-order chi connectivity index (χ0) is 18.7. The number of methoxy groups -OCH3 is 2. The number of fused-ring (bicyclic) bond motifs is 1. The van der Waals surface area contributed by atoms with E-state index in [0.717, 1.165) is 30.2 Å². The first-order valence-corrected chi connectivity index (χ1v) is 9.33. The summed E-state index contributed by atoms with van der Waals surface area (Å²) in [5.74, 6) is 2.92. The molecule has 2 aromatic rings. The Bertz CT molecular complexity index is 770. The fraction of sp³-hybridized carbons (Fsp3) is 0.455. The van der Waals surface area contributed by atoms with Gasteiger partial charge >= 0.3 is 0 Å². The van der Waals surface area contributed by atoms with E-state index in [4.69, 9.17) is 14.2 Å². The lowest BCUT2D eigenvalue weighted by atomic mass is 9.84. The van der Waals surface area contributed by atoms with Gasteiger partial charge in [0.25, 0.3) is 0 Å². The predicted molar refractivity (Wildman–Crippen MR) is 105 cm³/mol. The summed E-state index contributed by atoms with van der Waals surface area (Å²) in [6.07, 6.45) is 0.986. The van der Waals surface area contributed by atoms with Gasteiger partial charge in [-0.1, -0.05) is 19.9 Å². The minimum Gasteiger partial charge on any atom is -0.494 e. The number of hydrogen-bond acceptors (Lipinski definition) is 4. The number of nitrogens with one attached hydrogen (secondary N) is 1. The van der Waals surface area contributed by atoms with E-state index in [1.165, 1.54) is 22.3 Å². The largest absolute Gasteiger partial charge is 0.494 e. The number of rotatable bonds is 6. The number of benzene rings is 2. The van der Waals surface area contributed by atoms with Crippen LogP contribution in [0.15, 0.2) is 30.3 Å². The summed E-state index contributed by atoms with van der Waals surface area (Å²) in [7, 11) is 3.37. The van der Waals surface area contributed by atoms with Gasteiger partial charge in [0.1, 0.15) is 5.75 Å². The Kier molecular flexibility index (Phi) is 5.72. The molecule has 4 heteroatoms. The molecule has 1 heterocycles. The molecule has 0 amide bonds. The second kappa shape index (κ2) is 8.00. The molecule has 0 radical (unpaired) electrons. The molecule has 1 unspecified atom stereocenters. The van der Waals surface area contributed by atoms with Crippen LogP contribution in [-0.2, 0) is 6.42 Å². The zero-order valence-electron chi connectivity index (χ0n) is 16.4. The highest BCUT2D eigenvalue weighted by Crippen LogP contribution is 2.40. The molecular weight excluding hydrogens is 326 g/mol. The normalized spacial score (nSPS) is 16.3. The van der Waals surface area contributed by atoms with Crippen LogP contribution in [0.1, 0.15) is 55.0 Å². The van der Waals surface area contributed by atoms with Crippen LogP contribution >= 0.6 is 0 Å². The second-order valence-corrected chi connectivity index (χ2v) is 6.92. The van der Waals surface area contributed by atoms with Crippen molar-refractivity contribution in [1.29, 1.82) is 0 Å². The minimum absolute atomic E-state index is 0.145. The quantitative estimate of drug-likeness (QED) is 0.830. The van der Waals surface area contributed by atoms with Crippen LogP contribution in [0.5, 0.6) is 17.2 Å². The first-order chi connectivity index (χ1) is 12.6. The Labute approximate surface area is 156 Å². The topological polar surface area (TPSA) is 39.7 Å². The third-order valence-electron chi connectivity index (χ3n) is 5.00. The molecule has 0 fully saturated rings. The van der Waals surface area contributed by atoms with Crippen molar-refractivity contribution >= 4 is 0 Å². The van der Waals surface area contributed by atoms with Gasteiger partial charge in [-0.15, -0.1) is 0 Å². The average molecular weight is 355 g/mol. The van der Waals surface area contributed by atoms with Gasteiger partial charge in [-0.3, -0.25) is 0 Å². The molecule has 1 aliphatic rings. The Balaban J connectivity index is 2.09. The van der Waals surface area contributed by atoms with Gasteiger partial charge in [0.15, 0.2) is 11.5 Å². The standard InChI is InChI=1S/C22H29NO3/c1-6-26-16-7-8-17(18(12-16)14(2)3)22-19-13-21(25-5)20(24-4)11-15(19)9-10-23-22/h7-8,11-14,22-23H,6,9-10H2,1-5H3. The molecule has 0 bridgehead atoms. The van der Waals surface area contributed by atoms with Crippen LogP contribution in [0.2, 0.25) is 0 Å². The van der Waals surface area contributed by atoms with Gasteiger partial charge in [0, 0.05) is 6.54 Å². The first-order valence-electron chi connectivity index (χ1n) is 9.33. The first kappa shape index (κ1) is 18.6. The highest BCUT2D eigenvalue weighted by molar-refractivity contribution is 5.53. The van der Waals surface area contributed by atoms with Crippen molar-refractivity contribution in [2.45, 2.75) is 39.2 Å². The molecule has 26 heavy (non-hydrogen) atoms. The van der Waals surface area contributed by atoms with Crippen LogP contribution in [0.4, 0.5) is 0 Å². The van der Waals surface area contributed by atoms with E-state index >= 15 is 0 Å². The smallest absolute Gasteiger partial charge is 0.161 e. The van der Waals surface area contributed by atoms with Crippen LogP contribution in [0.25, 0.3) is 0 Å². The highest BCUT2D eigenvalue weighted by atomic mass is 16.5. The summed E-state index contributed by atoms with van der Waals surface area (Å²) in [6, 6.07) is 10.8. The summed E-state index contributed by atoms with van der Waals surface area (Å²) in [4.78, 5) is 0. The maximum atomic E-state index is 5.72. The second-order valence-electron chi connectivity index (χ2n) is 6.92. The Morgan fingerprint density at radius 3 is 2.42 bits per heavy atom. The van der Waals surface area contributed by atoms with E-state index in [1.807, 2.05) is 6.92 Å². The van der Waals surface area contributed by atoms with Crippen LogP contribution in [-0.4, -0.2) is 27.4 Å². The molecule has 0 aromatic heterocycles. The van der Waals surface area contributed by atoms with Crippen molar-refractivity contribution in [3.63, 3.8) is 0 Å². The third-order valence-corrected chi connectivity index (χ3v) is 5.00. The van der Waals surface area contributed by atoms with Gasteiger partial charge in [-0.2, -0.15) is 0 Å². The van der Waals surface area contributed by atoms with Gasteiger partial charge in [0.05, 0.1) is 26.9 Å². The van der Waals surface area contributed by atoms with Gasteiger partial charge < -0.3 is 19.5 Å². The molecule has 3 rings (SSSR count). The van der Waals surface area contributed by atoms with Crippen molar-refractivity contribution in [1.82, 2.24) is 5.32 Å². The maximum absolute atomic E-state index is 5.72. The SMILES string of the molecule is CCOc1ccc(C2NCCc3cc(OC)c(OC)cc32)c(C(C)C)c1. The Morgan fingerprint density at radius 2 is 1.77 bits per heavy atom. The van der Waals surface area contributed by atoms with Crippen LogP contribution < -0.4 is 19.5 Å². The molecule has 140 valence electrons. The monoisotopic (exact) mass is 355 g/mol. The van der Waals surface area contributed by atoms with E-state index in [-0.39, 0.29) is 6.04 Å². The minimum atomic E-state index is 0.145. The lowest BCUT2D eigenvalue weighted by Gasteiger charge is -2.31. The predicted octanol–water partition coefficient (Wildman–Crippen LogP) is 4.46. The summed E-state index contributed by atoms with van der Waals surface area (Å²) in [6.45, 7) is 8.09. The Hall–Kier alpha value is -2.20. The van der Waals surface area contributed by atoms with E-state index in [1.54, 1.807) is 14.2 Å². The number of hydrogen-bond donors (Lipinski definition) is 1. The van der Waals surface area contributed by atoms with Crippen molar-refractivity contribution in [2.24, 2.45) is 0 Å². The lowest BCUT2D eigenvalue weighted by Crippen LogP contribution is -2.31. The molecule has 1 aliphatic heterocycles. The molecule has 4 nitrogen and oxygen atoms in total. The summed E-state index contributed by atoms with van der Waals surface area (Å²) in [5.41, 5.74) is 5.20. The van der Waals surface area contributed by atoms with Crippen molar-refractivity contribution < 1.29 is 14.2 Å². The van der Waals surface area contributed by atoms with E-state index in [2.05, 4.69) is 49.5 Å². The van der Waals surface area contributed by atoms with Crippen LogP contribution in [0, 0.1) is 0 Å². The molecule has 0 saturated carbocycles. The molecule has 0 aliphatic carbocycles. The summed E-state index contributed by atoms with van der Waals surface area (Å²) >= 11 is 0. The fourth-order valence-corrected chi connectivity index (χ4v) is 3.73. The fourth-order valence-electron chi connectivity index (χ4n) is 3.73. The van der Waals surface area contributed by atoms with Gasteiger partial charge in [-0.05, 0) is 65.8 Å². The Morgan fingerprint density at radius 1 is 1.04 bits per heavy atom. The molecule has 1 atom stereocenters. The number of ether oxygens (including phenoxy) is 3. The molecular formula is C22H29NO3. The van der Waals surface area contributed by atoms with Gasteiger partial charge in [-0.25, -0.2) is 0 Å². The molecule has 1 N–H and O–H groups in total. The third kappa shape index (κ3) is 3.51. The van der Waals surface area contributed by atoms with E-state index < -0.39 is 0 Å².